The minimum Gasteiger partial charge on any atom is -0.381 e. The molecule has 1 saturated heterocycles. The Morgan fingerprint density at radius 3 is 2.47 bits per heavy atom. The van der Waals surface area contributed by atoms with Crippen molar-refractivity contribution in [2.24, 2.45) is 5.73 Å². The molecule has 1 aliphatic heterocycles. The zero-order valence-corrected chi connectivity index (χ0v) is 10.9. The van der Waals surface area contributed by atoms with Crippen molar-refractivity contribution in [1.29, 1.82) is 0 Å². The smallest absolute Gasteiger partial charge is 0.147 e. The molecule has 0 aliphatic carbocycles. The van der Waals surface area contributed by atoms with Crippen molar-refractivity contribution in [2.75, 3.05) is 13.2 Å². The number of aromatic nitrogens is 3. The first-order valence-electron chi connectivity index (χ1n) is 6.26. The molecule has 2 N–H and O–H groups in total. The largest absolute Gasteiger partial charge is 0.381 e. The van der Waals surface area contributed by atoms with Crippen LogP contribution in [0.2, 0.25) is 0 Å². The quantitative estimate of drug-likeness (QED) is 0.845. The summed E-state index contributed by atoms with van der Waals surface area (Å²) >= 11 is 0. The van der Waals surface area contributed by atoms with E-state index in [9.17, 15) is 0 Å². The summed E-state index contributed by atoms with van der Waals surface area (Å²) in [5.41, 5.74) is 5.72. The molecule has 2 heterocycles. The molecule has 0 bridgehead atoms. The Morgan fingerprint density at radius 1 is 1.29 bits per heavy atom. The summed E-state index contributed by atoms with van der Waals surface area (Å²) in [6.45, 7) is 8.57. The monoisotopic (exact) mass is 238 g/mol. The number of nitrogens with two attached hydrogens (primary N) is 1. The molecule has 0 amide bonds. The highest BCUT2D eigenvalue weighted by atomic mass is 16.5. The molecule has 1 aliphatic rings. The molecule has 0 saturated carbocycles. The first-order valence-corrected chi connectivity index (χ1v) is 6.26. The van der Waals surface area contributed by atoms with E-state index in [0.29, 0.717) is 12.5 Å². The van der Waals surface area contributed by atoms with Gasteiger partial charge in [-0.1, -0.05) is 0 Å². The molecular formula is C12H22N4O. The SMILES string of the molecule is CC(C)(C)n1c(CN)nnc1C1CCOCC1. The van der Waals surface area contributed by atoms with Gasteiger partial charge in [0.05, 0.1) is 6.54 Å². The topological polar surface area (TPSA) is 66.0 Å². The summed E-state index contributed by atoms with van der Waals surface area (Å²) in [6.07, 6.45) is 2.05. The highest BCUT2D eigenvalue weighted by Gasteiger charge is 2.28. The van der Waals surface area contributed by atoms with Gasteiger partial charge in [-0.2, -0.15) is 0 Å². The first-order chi connectivity index (χ1) is 8.04. The molecule has 5 nitrogen and oxygen atoms in total. The molecular weight excluding hydrogens is 216 g/mol. The molecule has 0 radical (unpaired) electrons. The molecule has 2 rings (SSSR count). The van der Waals surface area contributed by atoms with E-state index in [2.05, 4.69) is 35.5 Å². The molecule has 0 aromatic carbocycles. The average molecular weight is 238 g/mol. The molecule has 17 heavy (non-hydrogen) atoms. The third kappa shape index (κ3) is 2.50. The second-order valence-corrected chi connectivity index (χ2v) is 5.57. The van der Waals surface area contributed by atoms with Gasteiger partial charge in [0.2, 0.25) is 0 Å². The van der Waals surface area contributed by atoms with E-state index in [0.717, 1.165) is 37.7 Å². The number of hydrogen-bond donors (Lipinski definition) is 1. The second-order valence-electron chi connectivity index (χ2n) is 5.57. The summed E-state index contributed by atoms with van der Waals surface area (Å²) in [5.74, 6) is 2.40. The minimum atomic E-state index is -0.0220. The Bertz CT molecular complexity index is 374. The van der Waals surface area contributed by atoms with Gasteiger partial charge in [0.25, 0.3) is 0 Å². The van der Waals surface area contributed by atoms with Crippen molar-refractivity contribution in [2.45, 2.75) is 51.6 Å². The van der Waals surface area contributed by atoms with E-state index in [4.69, 9.17) is 10.5 Å². The standard InChI is InChI=1S/C12H22N4O/c1-12(2,3)16-10(8-13)14-15-11(16)9-4-6-17-7-5-9/h9H,4-8,13H2,1-3H3. The maximum atomic E-state index is 5.74. The summed E-state index contributed by atoms with van der Waals surface area (Å²) in [5, 5.41) is 8.58. The lowest BCUT2D eigenvalue weighted by Crippen LogP contribution is -2.29. The molecule has 1 aromatic heterocycles. The fourth-order valence-corrected chi connectivity index (χ4v) is 2.41. The lowest BCUT2D eigenvalue weighted by molar-refractivity contribution is 0.0817. The van der Waals surface area contributed by atoms with Gasteiger partial charge < -0.3 is 15.0 Å². The van der Waals surface area contributed by atoms with Gasteiger partial charge in [-0.3, -0.25) is 0 Å². The molecule has 0 spiro atoms. The van der Waals surface area contributed by atoms with Crippen LogP contribution < -0.4 is 5.73 Å². The van der Waals surface area contributed by atoms with Crippen molar-refractivity contribution >= 4 is 0 Å². The number of nitrogens with zero attached hydrogens (tertiary/aromatic N) is 3. The summed E-state index contributed by atoms with van der Waals surface area (Å²) in [7, 11) is 0. The Hall–Kier alpha value is -0.940. The highest BCUT2D eigenvalue weighted by Crippen LogP contribution is 2.29. The van der Waals surface area contributed by atoms with Gasteiger partial charge in [0.15, 0.2) is 0 Å². The van der Waals surface area contributed by atoms with Gasteiger partial charge in [-0.25, -0.2) is 0 Å². The van der Waals surface area contributed by atoms with Crippen molar-refractivity contribution in [3.63, 3.8) is 0 Å². The van der Waals surface area contributed by atoms with E-state index in [1.165, 1.54) is 0 Å². The summed E-state index contributed by atoms with van der Waals surface area (Å²) in [6, 6.07) is 0. The summed E-state index contributed by atoms with van der Waals surface area (Å²) < 4.78 is 7.60. The van der Waals surface area contributed by atoms with Gasteiger partial charge in [0.1, 0.15) is 11.6 Å². The zero-order chi connectivity index (χ0) is 12.5. The lowest BCUT2D eigenvalue weighted by atomic mass is 9.97. The van der Waals surface area contributed by atoms with Crippen LogP contribution in [0.15, 0.2) is 0 Å². The van der Waals surface area contributed by atoms with Crippen molar-refractivity contribution in [3.05, 3.63) is 11.6 Å². The third-order valence-corrected chi connectivity index (χ3v) is 3.19. The average Bonchev–Trinajstić information content (AvgIpc) is 2.73. The molecule has 1 aromatic rings. The fourth-order valence-electron chi connectivity index (χ4n) is 2.41. The molecule has 96 valence electrons. The van der Waals surface area contributed by atoms with Crippen molar-refractivity contribution in [1.82, 2.24) is 14.8 Å². The number of hydrogen-bond acceptors (Lipinski definition) is 4. The van der Waals surface area contributed by atoms with Crippen molar-refractivity contribution in [3.8, 4) is 0 Å². The Kier molecular flexibility index (Phi) is 3.49. The number of ether oxygens (including phenoxy) is 1. The lowest BCUT2D eigenvalue weighted by Gasteiger charge is -2.29. The fraction of sp³-hybridized carbons (Fsp3) is 0.833. The number of rotatable bonds is 2. The third-order valence-electron chi connectivity index (χ3n) is 3.19. The Labute approximate surface area is 102 Å². The van der Waals surface area contributed by atoms with Crippen LogP contribution in [0.5, 0.6) is 0 Å². The maximum Gasteiger partial charge on any atom is 0.147 e. The van der Waals surface area contributed by atoms with Crippen LogP contribution in [0.3, 0.4) is 0 Å². The van der Waals surface area contributed by atoms with Gasteiger partial charge in [-0.05, 0) is 33.6 Å². The predicted octanol–water partition coefficient (Wildman–Crippen LogP) is 1.39. The summed E-state index contributed by atoms with van der Waals surface area (Å²) in [4.78, 5) is 0. The Morgan fingerprint density at radius 2 is 1.94 bits per heavy atom. The normalized spacial score (nSPS) is 18.6. The van der Waals surface area contributed by atoms with Crippen LogP contribution in [0.25, 0.3) is 0 Å². The van der Waals surface area contributed by atoms with Crippen LogP contribution in [-0.2, 0) is 16.8 Å². The van der Waals surface area contributed by atoms with E-state index >= 15 is 0 Å². The van der Waals surface area contributed by atoms with Crippen LogP contribution >= 0.6 is 0 Å². The van der Waals surface area contributed by atoms with Gasteiger partial charge >= 0.3 is 0 Å². The molecule has 1 fully saturated rings. The molecule has 0 unspecified atom stereocenters. The molecule has 5 heteroatoms. The predicted molar refractivity (Wildman–Crippen MR) is 65.7 cm³/mol. The van der Waals surface area contributed by atoms with E-state index in [1.54, 1.807) is 0 Å². The first kappa shape index (κ1) is 12.5. The Balaban J connectivity index is 2.36. The van der Waals surface area contributed by atoms with E-state index in [-0.39, 0.29) is 5.54 Å². The van der Waals surface area contributed by atoms with E-state index in [1.807, 2.05) is 0 Å². The maximum absolute atomic E-state index is 5.74. The van der Waals surface area contributed by atoms with Crippen LogP contribution in [0, 0.1) is 0 Å². The second kappa shape index (κ2) is 4.74. The zero-order valence-electron chi connectivity index (χ0n) is 10.9. The van der Waals surface area contributed by atoms with Gasteiger partial charge in [0, 0.05) is 24.7 Å². The molecule has 0 atom stereocenters. The van der Waals surface area contributed by atoms with Crippen LogP contribution in [0.1, 0.15) is 51.2 Å². The minimum absolute atomic E-state index is 0.0220. The van der Waals surface area contributed by atoms with Crippen LogP contribution in [0.4, 0.5) is 0 Å². The highest BCUT2D eigenvalue weighted by molar-refractivity contribution is 5.07. The van der Waals surface area contributed by atoms with Gasteiger partial charge in [-0.15, -0.1) is 10.2 Å². The van der Waals surface area contributed by atoms with Crippen molar-refractivity contribution < 1.29 is 4.74 Å². The van der Waals surface area contributed by atoms with E-state index < -0.39 is 0 Å². The van der Waals surface area contributed by atoms with Crippen LogP contribution in [-0.4, -0.2) is 28.0 Å².